The van der Waals surface area contributed by atoms with E-state index in [0.717, 1.165) is 24.8 Å². The standard InChI is InChI=1S/C40H35NO/c1-27-38(26-41(28(2)42)25-29-13-4-3-5-14-29)40(35-22-11-18-31-16-7-9-20-33(31)35)37-24-12-23-36(37)39(27)34-21-10-17-30-15-6-8-19-32(30)34/h3-11,13-22H,12,23-26H2,1-2H3. The summed E-state index contributed by atoms with van der Waals surface area (Å²) < 4.78 is 0. The van der Waals surface area contributed by atoms with E-state index in [1.807, 2.05) is 11.0 Å². The molecule has 1 amide bonds. The molecule has 42 heavy (non-hydrogen) atoms. The van der Waals surface area contributed by atoms with Crippen molar-refractivity contribution in [1.29, 1.82) is 0 Å². The van der Waals surface area contributed by atoms with E-state index in [-0.39, 0.29) is 5.91 Å². The number of carbonyl (C=O) groups is 1. The van der Waals surface area contributed by atoms with E-state index in [2.05, 4.69) is 116 Å². The predicted molar refractivity (Wildman–Crippen MR) is 175 cm³/mol. The van der Waals surface area contributed by atoms with Crippen molar-refractivity contribution in [3.05, 3.63) is 143 Å². The van der Waals surface area contributed by atoms with Gasteiger partial charge in [0.05, 0.1) is 0 Å². The quantitative estimate of drug-likeness (QED) is 0.204. The minimum atomic E-state index is 0.0920. The zero-order chi connectivity index (χ0) is 28.6. The van der Waals surface area contributed by atoms with E-state index < -0.39 is 0 Å². The number of rotatable bonds is 6. The number of hydrogen-bond acceptors (Lipinski definition) is 1. The molecule has 1 aliphatic carbocycles. The Hall–Kier alpha value is -4.69. The molecule has 0 N–H and O–H groups in total. The first-order valence-corrected chi connectivity index (χ1v) is 15.0. The highest BCUT2D eigenvalue weighted by Crippen LogP contribution is 2.47. The van der Waals surface area contributed by atoms with Crippen LogP contribution in [0.3, 0.4) is 0 Å². The van der Waals surface area contributed by atoms with Gasteiger partial charge in [0.25, 0.3) is 0 Å². The van der Waals surface area contributed by atoms with Crippen molar-refractivity contribution in [1.82, 2.24) is 4.90 Å². The Morgan fingerprint density at radius 3 is 1.76 bits per heavy atom. The lowest BCUT2D eigenvalue weighted by Gasteiger charge is -2.28. The molecule has 0 fully saturated rings. The summed E-state index contributed by atoms with van der Waals surface area (Å²) >= 11 is 0. The van der Waals surface area contributed by atoms with Crippen molar-refractivity contribution >= 4 is 27.5 Å². The predicted octanol–water partition coefficient (Wildman–Crippen LogP) is 9.67. The summed E-state index contributed by atoms with van der Waals surface area (Å²) in [6, 6.07) is 41.1. The molecule has 0 unspecified atom stereocenters. The summed E-state index contributed by atoms with van der Waals surface area (Å²) in [6.07, 6.45) is 3.28. The van der Waals surface area contributed by atoms with Crippen LogP contribution < -0.4 is 0 Å². The molecule has 0 aromatic heterocycles. The van der Waals surface area contributed by atoms with Gasteiger partial charge >= 0.3 is 0 Å². The van der Waals surface area contributed by atoms with Crippen LogP contribution in [0.5, 0.6) is 0 Å². The van der Waals surface area contributed by atoms with Crippen molar-refractivity contribution in [2.75, 3.05) is 0 Å². The molecule has 206 valence electrons. The maximum atomic E-state index is 13.2. The van der Waals surface area contributed by atoms with Gasteiger partial charge in [-0.2, -0.15) is 0 Å². The zero-order valence-electron chi connectivity index (χ0n) is 24.4. The topological polar surface area (TPSA) is 20.3 Å². The summed E-state index contributed by atoms with van der Waals surface area (Å²) in [5, 5.41) is 5.06. The molecule has 6 aromatic rings. The first kappa shape index (κ1) is 26.2. The van der Waals surface area contributed by atoms with Gasteiger partial charge in [0.1, 0.15) is 0 Å². The highest BCUT2D eigenvalue weighted by atomic mass is 16.2. The van der Waals surface area contributed by atoms with Crippen LogP contribution in [-0.4, -0.2) is 10.8 Å². The molecule has 6 aromatic carbocycles. The van der Waals surface area contributed by atoms with Crippen molar-refractivity contribution in [3.63, 3.8) is 0 Å². The van der Waals surface area contributed by atoms with Crippen LogP contribution in [0.1, 0.15) is 41.2 Å². The third-order valence-corrected chi connectivity index (χ3v) is 9.08. The molecule has 2 nitrogen and oxygen atoms in total. The van der Waals surface area contributed by atoms with Gasteiger partial charge in [-0.1, -0.05) is 115 Å². The van der Waals surface area contributed by atoms with Gasteiger partial charge in [0.2, 0.25) is 5.91 Å². The minimum absolute atomic E-state index is 0.0920. The molecule has 7 rings (SSSR count). The maximum absolute atomic E-state index is 13.2. The van der Waals surface area contributed by atoms with Crippen LogP contribution in [0, 0.1) is 6.92 Å². The van der Waals surface area contributed by atoms with E-state index in [4.69, 9.17) is 0 Å². The molecule has 0 spiro atoms. The van der Waals surface area contributed by atoms with E-state index in [1.165, 1.54) is 66.1 Å². The minimum Gasteiger partial charge on any atom is -0.334 e. The van der Waals surface area contributed by atoms with Crippen LogP contribution in [0.4, 0.5) is 0 Å². The second-order valence-electron chi connectivity index (χ2n) is 11.6. The highest BCUT2D eigenvalue weighted by Gasteiger charge is 2.29. The number of benzene rings is 6. The summed E-state index contributed by atoms with van der Waals surface area (Å²) in [5.41, 5.74) is 11.9. The Kier molecular flexibility index (Phi) is 6.83. The number of carbonyl (C=O) groups excluding carboxylic acids is 1. The molecule has 0 atom stereocenters. The van der Waals surface area contributed by atoms with Gasteiger partial charge in [-0.3, -0.25) is 4.79 Å². The number of amides is 1. The van der Waals surface area contributed by atoms with Gasteiger partial charge < -0.3 is 4.90 Å². The molecule has 2 heteroatoms. The van der Waals surface area contributed by atoms with Gasteiger partial charge in [-0.15, -0.1) is 0 Å². The van der Waals surface area contributed by atoms with E-state index in [9.17, 15) is 4.79 Å². The van der Waals surface area contributed by atoms with Crippen molar-refractivity contribution < 1.29 is 4.79 Å². The second kappa shape index (κ2) is 10.9. The Bertz CT molecular complexity index is 1940. The maximum Gasteiger partial charge on any atom is 0.220 e. The van der Waals surface area contributed by atoms with Crippen LogP contribution in [0.2, 0.25) is 0 Å². The molecule has 0 saturated heterocycles. The number of hydrogen-bond donors (Lipinski definition) is 0. The molecule has 1 aliphatic rings. The fourth-order valence-electron chi connectivity index (χ4n) is 7.09. The van der Waals surface area contributed by atoms with Gasteiger partial charge in [-0.05, 0) is 97.8 Å². The fraction of sp³-hybridized carbons (Fsp3) is 0.175. The van der Waals surface area contributed by atoms with Gasteiger partial charge in [0, 0.05) is 20.0 Å². The largest absolute Gasteiger partial charge is 0.334 e. The normalized spacial score (nSPS) is 12.5. The Balaban J connectivity index is 1.52. The molecular weight excluding hydrogens is 510 g/mol. The van der Waals surface area contributed by atoms with Crippen molar-refractivity contribution in [2.45, 2.75) is 46.2 Å². The Morgan fingerprint density at radius 1 is 0.619 bits per heavy atom. The lowest BCUT2D eigenvalue weighted by molar-refractivity contribution is -0.130. The molecule has 0 bridgehead atoms. The fourth-order valence-corrected chi connectivity index (χ4v) is 7.09. The molecular formula is C40H35NO. The highest BCUT2D eigenvalue weighted by molar-refractivity contribution is 6.02. The summed E-state index contributed by atoms with van der Waals surface area (Å²) in [4.78, 5) is 15.2. The molecule has 0 heterocycles. The SMILES string of the molecule is CC(=O)N(Cc1ccccc1)Cc1c(C)c(-c2cccc3ccccc23)c2c(c1-c1cccc3ccccc13)CCC2. The Labute approximate surface area is 248 Å². The molecule has 0 saturated carbocycles. The molecule has 0 radical (unpaired) electrons. The summed E-state index contributed by atoms with van der Waals surface area (Å²) in [5.74, 6) is 0.0920. The van der Waals surface area contributed by atoms with E-state index in [0.29, 0.717) is 13.1 Å². The van der Waals surface area contributed by atoms with Crippen molar-refractivity contribution in [3.8, 4) is 22.3 Å². The van der Waals surface area contributed by atoms with Gasteiger partial charge in [0.15, 0.2) is 0 Å². The van der Waals surface area contributed by atoms with Crippen LogP contribution in [0.15, 0.2) is 115 Å². The summed E-state index contributed by atoms with van der Waals surface area (Å²) in [6.45, 7) is 5.15. The third-order valence-electron chi connectivity index (χ3n) is 9.08. The number of nitrogens with zero attached hydrogens (tertiary/aromatic N) is 1. The lowest BCUT2D eigenvalue weighted by atomic mass is 9.80. The average Bonchev–Trinajstić information content (AvgIpc) is 3.50. The Morgan fingerprint density at radius 2 is 1.14 bits per heavy atom. The van der Waals surface area contributed by atoms with Crippen LogP contribution in [0.25, 0.3) is 43.8 Å². The second-order valence-corrected chi connectivity index (χ2v) is 11.6. The zero-order valence-corrected chi connectivity index (χ0v) is 24.4. The lowest BCUT2D eigenvalue weighted by Crippen LogP contribution is -2.28. The first-order valence-electron chi connectivity index (χ1n) is 15.0. The number of fused-ring (bicyclic) bond motifs is 3. The third kappa shape index (κ3) is 4.58. The monoisotopic (exact) mass is 545 g/mol. The average molecular weight is 546 g/mol. The first-order chi connectivity index (χ1) is 20.6. The van der Waals surface area contributed by atoms with Crippen molar-refractivity contribution in [2.24, 2.45) is 0 Å². The van der Waals surface area contributed by atoms with E-state index >= 15 is 0 Å². The molecule has 0 aliphatic heterocycles. The van der Waals surface area contributed by atoms with E-state index in [1.54, 1.807) is 6.92 Å². The van der Waals surface area contributed by atoms with Crippen LogP contribution in [-0.2, 0) is 30.7 Å². The van der Waals surface area contributed by atoms with Crippen LogP contribution >= 0.6 is 0 Å². The summed E-state index contributed by atoms with van der Waals surface area (Å²) in [7, 11) is 0. The van der Waals surface area contributed by atoms with Gasteiger partial charge in [-0.25, -0.2) is 0 Å². The smallest absolute Gasteiger partial charge is 0.220 e.